The van der Waals surface area contributed by atoms with E-state index in [4.69, 9.17) is 0 Å². The Labute approximate surface area is 104 Å². The van der Waals surface area contributed by atoms with Crippen molar-refractivity contribution in [2.75, 3.05) is 40.3 Å². The normalized spacial score (nSPS) is 18.5. The standard InChI is InChI=1S/C13H22N4/c1-14-10-12-4-3-5-15-13(12)11-17-8-6-16(2)7-9-17/h3-5,14H,6-11H2,1-2H3. The zero-order valence-corrected chi connectivity index (χ0v) is 10.8. The predicted molar refractivity (Wildman–Crippen MR) is 69.8 cm³/mol. The Morgan fingerprint density at radius 3 is 2.76 bits per heavy atom. The van der Waals surface area contributed by atoms with E-state index in [-0.39, 0.29) is 0 Å². The molecule has 0 amide bonds. The van der Waals surface area contributed by atoms with Crippen molar-refractivity contribution in [1.29, 1.82) is 0 Å². The third-order valence-corrected chi connectivity index (χ3v) is 3.32. The van der Waals surface area contributed by atoms with Gasteiger partial charge in [-0.2, -0.15) is 0 Å². The van der Waals surface area contributed by atoms with Gasteiger partial charge < -0.3 is 10.2 Å². The third-order valence-electron chi connectivity index (χ3n) is 3.32. The summed E-state index contributed by atoms with van der Waals surface area (Å²) in [6.45, 7) is 6.49. The fourth-order valence-corrected chi connectivity index (χ4v) is 2.18. The summed E-state index contributed by atoms with van der Waals surface area (Å²) in [5.41, 5.74) is 2.53. The van der Waals surface area contributed by atoms with Crippen LogP contribution in [0.3, 0.4) is 0 Å². The number of piperazine rings is 1. The van der Waals surface area contributed by atoms with Crippen molar-refractivity contribution in [1.82, 2.24) is 20.1 Å². The molecule has 2 rings (SSSR count). The zero-order chi connectivity index (χ0) is 12.1. The summed E-state index contributed by atoms with van der Waals surface area (Å²) in [5.74, 6) is 0. The van der Waals surface area contributed by atoms with Crippen LogP contribution in [0.15, 0.2) is 18.3 Å². The minimum Gasteiger partial charge on any atom is -0.316 e. The Morgan fingerprint density at radius 1 is 1.29 bits per heavy atom. The topological polar surface area (TPSA) is 31.4 Å². The number of aromatic nitrogens is 1. The Hall–Kier alpha value is -0.970. The molecular weight excluding hydrogens is 212 g/mol. The van der Waals surface area contributed by atoms with E-state index in [1.807, 2.05) is 19.3 Å². The number of nitrogens with one attached hydrogen (secondary N) is 1. The van der Waals surface area contributed by atoms with Crippen molar-refractivity contribution in [3.05, 3.63) is 29.6 Å². The van der Waals surface area contributed by atoms with Gasteiger partial charge in [0.05, 0.1) is 5.69 Å². The maximum absolute atomic E-state index is 4.52. The summed E-state index contributed by atoms with van der Waals surface area (Å²) in [7, 11) is 4.16. The number of rotatable bonds is 4. The molecule has 0 bridgehead atoms. The molecule has 0 aliphatic carbocycles. The molecule has 0 aromatic carbocycles. The quantitative estimate of drug-likeness (QED) is 0.824. The zero-order valence-electron chi connectivity index (χ0n) is 10.8. The molecular formula is C13H22N4. The summed E-state index contributed by atoms with van der Waals surface area (Å²) in [5, 5.41) is 3.20. The van der Waals surface area contributed by atoms with E-state index < -0.39 is 0 Å². The van der Waals surface area contributed by atoms with Gasteiger partial charge in [0.2, 0.25) is 0 Å². The Balaban J connectivity index is 1.98. The van der Waals surface area contributed by atoms with E-state index in [1.54, 1.807) is 0 Å². The van der Waals surface area contributed by atoms with Crippen LogP contribution >= 0.6 is 0 Å². The van der Waals surface area contributed by atoms with E-state index >= 15 is 0 Å². The molecule has 17 heavy (non-hydrogen) atoms. The SMILES string of the molecule is CNCc1cccnc1CN1CCN(C)CC1. The lowest BCUT2D eigenvalue weighted by atomic mass is 10.1. The maximum atomic E-state index is 4.52. The van der Waals surface area contributed by atoms with Gasteiger partial charge in [0.25, 0.3) is 0 Å². The molecule has 0 unspecified atom stereocenters. The molecule has 0 radical (unpaired) electrons. The molecule has 4 heteroatoms. The van der Waals surface area contributed by atoms with Gasteiger partial charge in [-0.15, -0.1) is 0 Å². The third kappa shape index (κ3) is 3.49. The van der Waals surface area contributed by atoms with E-state index in [2.05, 4.69) is 33.2 Å². The Kier molecular flexibility index (Phi) is 4.48. The van der Waals surface area contributed by atoms with E-state index in [0.717, 1.165) is 39.3 Å². The molecule has 0 saturated carbocycles. The molecule has 1 aliphatic rings. The number of pyridine rings is 1. The average molecular weight is 234 g/mol. The molecule has 4 nitrogen and oxygen atoms in total. The molecule has 1 aliphatic heterocycles. The van der Waals surface area contributed by atoms with Crippen LogP contribution in [-0.2, 0) is 13.1 Å². The van der Waals surface area contributed by atoms with E-state index in [0.29, 0.717) is 0 Å². The van der Waals surface area contributed by atoms with Crippen molar-refractivity contribution in [3.8, 4) is 0 Å². The maximum Gasteiger partial charge on any atom is 0.0588 e. The molecule has 1 N–H and O–H groups in total. The predicted octanol–water partition coefficient (Wildman–Crippen LogP) is 0.548. The first-order chi connectivity index (χ1) is 8.29. The lowest BCUT2D eigenvalue weighted by Crippen LogP contribution is -2.44. The smallest absolute Gasteiger partial charge is 0.0588 e. The largest absolute Gasteiger partial charge is 0.316 e. The first-order valence-electron chi connectivity index (χ1n) is 6.28. The van der Waals surface area contributed by atoms with Crippen molar-refractivity contribution in [2.45, 2.75) is 13.1 Å². The highest BCUT2D eigenvalue weighted by atomic mass is 15.2. The van der Waals surface area contributed by atoms with Crippen LogP contribution < -0.4 is 5.32 Å². The van der Waals surface area contributed by atoms with Gasteiger partial charge in [-0.25, -0.2) is 0 Å². The first kappa shape index (κ1) is 12.5. The van der Waals surface area contributed by atoms with Gasteiger partial charge >= 0.3 is 0 Å². The van der Waals surface area contributed by atoms with Gasteiger partial charge in [0.1, 0.15) is 0 Å². The summed E-state index contributed by atoms with van der Waals surface area (Å²) >= 11 is 0. The second-order valence-corrected chi connectivity index (χ2v) is 4.72. The second kappa shape index (κ2) is 6.10. The summed E-state index contributed by atoms with van der Waals surface area (Å²) in [6.07, 6.45) is 1.89. The molecule has 1 aromatic heterocycles. The number of nitrogens with zero attached hydrogens (tertiary/aromatic N) is 3. The molecule has 0 spiro atoms. The summed E-state index contributed by atoms with van der Waals surface area (Å²) in [6, 6.07) is 4.18. The van der Waals surface area contributed by atoms with Gasteiger partial charge in [-0.1, -0.05) is 6.07 Å². The van der Waals surface area contributed by atoms with Crippen LogP contribution in [0.2, 0.25) is 0 Å². The van der Waals surface area contributed by atoms with Crippen molar-refractivity contribution in [3.63, 3.8) is 0 Å². The van der Waals surface area contributed by atoms with Gasteiger partial charge in [0, 0.05) is 45.5 Å². The fourth-order valence-electron chi connectivity index (χ4n) is 2.18. The second-order valence-electron chi connectivity index (χ2n) is 4.72. The number of hydrogen-bond donors (Lipinski definition) is 1. The highest BCUT2D eigenvalue weighted by molar-refractivity contribution is 5.19. The molecule has 94 valence electrons. The number of hydrogen-bond acceptors (Lipinski definition) is 4. The van der Waals surface area contributed by atoms with Gasteiger partial charge in [0.15, 0.2) is 0 Å². The number of likely N-dealkylation sites (N-methyl/N-ethyl adjacent to an activating group) is 1. The molecule has 1 saturated heterocycles. The fraction of sp³-hybridized carbons (Fsp3) is 0.615. The Morgan fingerprint density at radius 2 is 2.06 bits per heavy atom. The summed E-state index contributed by atoms with van der Waals surface area (Å²) < 4.78 is 0. The van der Waals surface area contributed by atoms with Crippen LogP contribution in [0.4, 0.5) is 0 Å². The molecule has 0 atom stereocenters. The summed E-state index contributed by atoms with van der Waals surface area (Å²) in [4.78, 5) is 9.38. The molecule has 2 heterocycles. The Bertz CT molecular complexity index is 345. The lowest BCUT2D eigenvalue weighted by molar-refractivity contribution is 0.146. The van der Waals surface area contributed by atoms with E-state index in [1.165, 1.54) is 11.3 Å². The molecule has 1 fully saturated rings. The minimum atomic E-state index is 0.900. The average Bonchev–Trinajstić information content (AvgIpc) is 2.35. The lowest BCUT2D eigenvalue weighted by Gasteiger charge is -2.32. The monoisotopic (exact) mass is 234 g/mol. The molecule has 1 aromatic rings. The van der Waals surface area contributed by atoms with E-state index in [9.17, 15) is 0 Å². The van der Waals surface area contributed by atoms with Crippen LogP contribution in [0.25, 0.3) is 0 Å². The van der Waals surface area contributed by atoms with Crippen molar-refractivity contribution in [2.24, 2.45) is 0 Å². The minimum absolute atomic E-state index is 0.900. The van der Waals surface area contributed by atoms with Gasteiger partial charge in [-0.05, 0) is 25.7 Å². The van der Waals surface area contributed by atoms with Crippen LogP contribution in [-0.4, -0.2) is 55.1 Å². The highest BCUT2D eigenvalue weighted by Crippen LogP contribution is 2.10. The van der Waals surface area contributed by atoms with Crippen LogP contribution in [0.5, 0.6) is 0 Å². The van der Waals surface area contributed by atoms with Crippen LogP contribution in [0, 0.1) is 0 Å². The van der Waals surface area contributed by atoms with Gasteiger partial charge in [-0.3, -0.25) is 9.88 Å². The van der Waals surface area contributed by atoms with Crippen molar-refractivity contribution >= 4 is 0 Å². The van der Waals surface area contributed by atoms with Crippen molar-refractivity contribution < 1.29 is 0 Å². The highest BCUT2D eigenvalue weighted by Gasteiger charge is 2.15. The first-order valence-corrected chi connectivity index (χ1v) is 6.28. The van der Waals surface area contributed by atoms with Crippen LogP contribution in [0.1, 0.15) is 11.3 Å².